The van der Waals surface area contributed by atoms with Gasteiger partial charge >= 0.3 is 0 Å². The highest BCUT2D eigenvalue weighted by atomic mass is 16.7. The Bertz CT molecular complexity index is 2950. The lowest BCUT2D eigenvalue weighted by Crippen LogP contribution is -2.45. The highest BCUT2D eigenvalue weighted by molar-refractivity contribution is 5.80. The zero-order chi connectivity index (χ0) is 102. The molecule has 3 saturated heterocycles. The molecule has 6 unspecified atom stereocenters. The Kier molecular flexibility index (Phi) is 88.9. The number of hydrogen-bond donors (Lipinski definition) is 11. The number of carbonyl (C=O) groups excluding carboxylic acids is 6. The molecule has 3 fully saturated rings. The predicted molar refractivity (Wildman–Crippen MR) is 557 cm³/mol. The van der Waals surface area contributed by atoms with Gasteiger partial charge in [-0.2, -0.15) is 15.4 Å². The molecule has 37 nitrogen and oxygen atoms in total. The third-order valence-electron chi connectivity index (χ3n) is 26.7. The third-order valence-corrected chi connectivity index (χ3v) is 26.7. The van der Waals surface area contributed by atoms with Crippen LogP contribution in [0.4, 0.5) is 0 Å². The van der Waals surface area contributed by atoms with Gasteiger partial charge in [-0.05, 0) is 125 Å². The first kappa shape index (κ1) is 138. The number of Topliss-reactive ketones (excluding diaryl/α,β-unsaturated/α-hetero) is 5. The maximum Gasteiger partial charge on any atom is 0.222 e. The summed E-state index contributed by atoms with van der Waals surface area (Å²) in [7, 11) is 0. The van der Waals surface area contributed by atoms with Crippen LogP contribution in [0.25, 0.3) is 0 Å². The van der Waals surface area contributed by atoms with Crippen molar-refractivity contribution in [3.63, 3.8) is 0 Å². The number of ether oxygens (including phenoxy) is 18. The molecule has 15 atom stereocenters. The van der Waals surface area contributed by atoms with Crippen molar-refractivity contribution in [1.29, 1.82) is 0 Å². The van der Waals surface area contributed by atoms with E-state index in [4.69, 9.17) is 102 Å². The van der Waals surface area contributed by atoms with E-state index in [9.17, 15) is 28.8 Å². The van der Waals surface area contributed by atoms with Crippen LogP contribution in [0.5, 0.6) is 0 Å². The Morgan fingerprint density at radius 2 is 0.585 bits per heavy atom. The second kappa shape index (κ2) is 91.4. The molecule has 1 aromatic rings. The molecule has 1 aromatic heterocycles. The number of carbonyl (C=O) groups is 6. The van der Waals surface area contributed by atoms with E-state index >= 15 is 0 Å². The highest BCUT2D eigenvalue weighted by Crippen LogP contribution is 2.39. The van der Waals surface area contributed by atoms with Gasteiger partial charge in [-0.1, -0.05) is 130 Å². The molecule has 0 saturated carbocycles. The van der Waals surface area contributed by atoms with E-state index in [0.717, 1.165) is 38.0 Å². The number of nitrogens with two attached hydrogens (primary N) is 3. The van der Waals surface area contributed by atoms with Crippen molar-refractivity contribution < 1.29 is 114 Å². The Hall–Kier alpha value is -5.86. The summed E-state index contributed by atoms with van der Waals surface area (Å²) in [6, 6.07) is 0. The lowest BCUT2D eigenvalue weighted by Gasteiger charge is -2.43. The van der Waals surface area contributed by atoms with Gasteiger partial charge in [-0.25, -0.2) is 0 Å². The molecule has 1 amide bonds. The number of rotatable bonds is 88. The Balaban J connectivity index is 0. The van der Waals surface area contributed by atoms with Gasteiger partial charge in [0.1, 0.15) is 28.9 Å². The van der Waals surface area contributed by atoms with Crippen molar-refractivity contribution in [1.82, 2.24) is 55.1 Å². The number of H-pyrrole nitrogens is 1. The molecule has 3 aliphatic heterocycles. The number of hydrogen-bond acceptors (Lipinski definition) is 35. The van der Waals surface area contributed by atoms with Gasteiger partial charge in [0.25, 0.3) is 0 Å². The molecular formula is C105H205N13O24. The van der Waals surface area contributed by atoms with Gasteiger partial charge in [0, 0.05) is 156 Å². The number of ketones is 5. The number of aromatic amines is 1. The van der Waals surface area contributed by atoms with Crippen molar-refractivity contribution in [2.24, 2.45) is 81.8 Å². The molecular weight excluding hydrogens is 1830 g/mol. The van der Waals surface area contributed by atoms with Crippen LogP contribution >= 0.6 is 0 Å². The molecule has 0 spiro atoms. The molecule has 0 aliphatic carbocycles. The monoisotopic (exact) mass is 2030 g/mol. The summed E-state index contributed by atoms with van der Waals surface area (Å²) in [5, 5.41) is 21.7. The van der Waals surface area contributed by atoms with Gasteiger partial charge in [0.15, 0.2) is 18.9 Å². The number of nitrogens with zero attached hydrogens (tertiary/aromatic N) is 2. The van der Waals surface area contributed by atoms with Gasteiger partial charge in [-0.15, -0.1) is 0 Å². The van der Waals surface area contributed by atoms with Crippen LogP contribution < -0.4 is 56.9 Å². The molecule has 0 radical (unpaired) electrons. The molecule has 37 heteroatoms. The maximum absolute atomic E-state index is 13.0. The maximum atomic E-state index is 13.0. The second-order valence-electron chi connectivity index (χ2n) is 38.1. The Labute approximate surface area is 855 Å². The molecule has 3 aliphatic rings. The average Bonchev–Trinajstić information content (AvgIpc) is 1.23. The van der Waals surface area contributed by atoms with Gasteiger partial charge in [0.2, 0.25) is 5.91 Å². The average molecular weight is 2030 g/mol. The topological polar surface area (TPSA) is 541 Å². The van der Waals surface area contributed by atoms with Crippen LogP contribution in [0.1, 0.15) is 284 Å². The number of unbranched alkanes of at least 4 members (excludes halogenated alkanes) is 5. The normalized spacial score (nSPS) is 21.8. The summed E-state index contributed by atoms with van der Waals surface area (Å²) in [6.45, 7) is 48.5. The summed E-state index contributed by atoms with van der Waals surface area (Å²) in [6.07, 6.45) is 23.7. The molecule has 0 bridgehead atoms. The minimum Gasteiger partial charge on any atom is -0.401 e. The highest BCUT2D eigenvalue weighted by Gasteiger charge is 2.42. The fraction of sp³-hybridized carbons (Fsp3) is 0.867. The van der Waals surface area contributed by atoms with Crippen molar-refractivity contribution in [3.05, 3.63) is 48.1 Å². The lowest BCUT2D eigenvalue weighted by molar-refractivity contribution is -0.251. The van der Waals surface area contributed by atoms with Gasteiger partial charge in [0.05, 0.1) is 209 Å². The lowest BCUT2D eigenvalue weighted by atomic mass is 9.78. The number of amides is 1. The molecule has 0 aromatic carbocycles. The predicted octanol–water partition coefficient (Wildman–Crippen LogP) is 14.8. The van der Waals surface area contributed by atoms with E-state index in [1.165, 1.54) is 6.42 Å². The summed E-state index contributed by atoms with van der Waals surface area (Å²) >= 11 is 0. The van der Waals surface area contributed by atoms with Crippen molar-refractivity contribution >= 4 is 34.8 Å². The zero-order valence-electron chi connectivity index (χ0n) is 91.2. The summed E-state index contributed by atoms with van der Waals surface area (Å²) in [5.41, 5.74) is 19.7. The largest absolute Gasteiger partial charge is 0.401 e. The standard InChI is InChI=1S/C98H181N7O24.C5H12.C2H3N3.3H3N/c1-14-91-77(8)74(5)80(11)95(127-91)124-65-62-118-59-56-115-53-50-112-47-41-102-68-83(99)31-34-86(106)26-20-18-22-28-89(109)37-44-121-71-98(17-4,72-122-45-38-90(110)29-23-19-21-27-87(107)35-32-84(100)69-103-42-48-113-51-54-116-57-60-119-63-66-125-96-81(12)75(6)78(9)92(15-2)128-96)73-123-46-39-94(111)105-40-25-24-30-88(108)36-33-85(101)70-104-43-49-114-52-55-117-58-61-120-64-67-126-97-82(13)76(7)79(10)93(16-3)129-97;1-4-5(2)3;1-2-4-5-3-1;;;/h68-70,74-82,91-93,95-97,102-104H,14-67,71-73,99-101H2,1-13H3,(H,105,111);5H,4H2,1-3H3;1-2H,(H,3,4,5);3*1H3/b83-68-,84-69-,85-70-;;;;;/t74-,75-,76-,77-,78-,79-,80?,81?,82?,91?,92?,93?,95-,96-,97-,98?;;;;;/m0...../s1. The van der Waals surface area contributed by atoms with Crippen LogP contribution in [0.3, 0.4) is 0 Å². The fourth-order valence-electron chi connectivity index (χ4n) is 15.8. The van der Waals surface area contributed by atoms with Crippen LogP contribution in [-0.4, -0.2) is 292 Å². The van der Waals surface area contributed by atoms with Crippen LogP contribution in [0.2, 0.25) is 0 Å². The first-order valence-corrected chi connectivity index (χ1v) is 53.1. The van der Waals surface area contributed by atoms with E-state index in [1.54, 1.807) is 31.0 Å². The minimum atomic E-state index is -0.623. The van der Waals surface area contributed by atoms with E-state index in [1.807, 2.05) is 6.92 Å². The van der Waals surface area contributed by atoms with Gasteiger partial charge < -0.3 is 142 Å². The number of nitrogens with one attached hydrogen (secondary N) is 5. The third kappa shape index (κ3) is 70.1. The van der Waals surface area contributed by atoms with E-state index in [2.05, 4.69) is 141 Å². The van der Waals surface area contributed by atoms with Crippen molar-refractivity contribution in [2.75, 3.05) is 205 Å². The quantitative estimate of drug-likeness (QED) is 0.0270. The minimum absolute atomic E-state index is 0. The molecule has 4 rings (SSSR count). The van der Waals surface area contributed by atoms with Gasteiger partial charge in [-0.3, -0.25) is 28.8 Å². The number of aromatic nitrogens is 3. The van der Waals surface area contributed by atoms with Crippen LogP contribution in [-0.2, 0) is 114 Å². The smallest absolute Gasteiger partial charge is 0.222 e. The van der Waals surface area contributed by atoms with E-state index in [-0.39, 0.29) is 149 Å². The summed E-state index contributed by atoms with van der Waals surface area (Å²) in [5.74, 6) is 5.37. The Morgan fingerprint density at radius 3 is 0.845 bits per heavy atom. The second-order valence-corrected chi connectivity index (χ2v) is 38.1. The SMILES string of the molecule is CCC(C)C.CCC1O[C@H](OCCOCCOCCOCCN/C=C(\N)CCC(=O)CCCCCC(=O)CCOCC(CC)(COCCC(=O)CCCCCC(=O)CC/C(N)=C/NCCOCCOCCOCCO[C@H]2OC(CC)[C@@H](C)[C@H](C)C2C)COCCC(=O)NCCCCC(=O)CC/C(N)=C/NCCOCCOCCOCCO[C@H]2OC(CC)[C@@H](C)[C@H](C)C2C)C(C)[C@@H](C)[C@@H]1C.N.N.N.c1cn[nH]n1. The molecule has 4 heterocycles. The first-order valence-electron chi connectivity index (χ1n) is 53.1. The summed E-state index contributed by atoms with van der Waals surface area (Å²) in [4.78, 5) is 77.1. The van der Waals surface area contributed by atoms with Crippen molar-refractivity contribution in [3.8, 4) is 0 Å². The molecule has 834 valence electrons. The molecule has 142 heavy (non-hydrogen) atoms. The van der Waals surface area contributed by atoms with E-state index in [0.29, 0.717) is 351 Å². The zero-order valence-corrected chi connectivity index (χ0v) is 91.2. The van der Waals surface area contributed by atoms with Crippen LogP contribution in [0, 0.1) is 64.6 Å². The van der Waals surface area contributed by atoms with Crippen LogP contribution in [0.15, 0.2) is 48.1 Å². The van der Waals surface area contributed by atoms with Crippen molar-refractivity contribution in [2.45, 2.75) is 321 Å². The number of allylic oxidation sites excluding steroid dienone is 3. The summed E-state index contributed by atoms with van der Waals surface area (Å²) < 4.78 is 106. The Morgan fingerprint density at radius 1 is 0.324 bits per heavy atom. The van der Waals surface area contributed by atoms with E-state index < -0.39 is 5.41 Å². The first-order chi connectivity index (χ1) is 67.2. The molecule has 20 N–H and O–H groups in total. The fourth-order valence-corrected chi connectivity index (χ4v) is 15.8.